The number of anilines is 1. The number of nitrogen functional groups attached to an aromatic ring is 1. The zero-order chi connectivity index (χ0) is 13.0. The minimum Gasteiger partial charge on any atom is -0.478 e. The van der Waals surface area contributed by atoms with E-state index in [1.54, 1.807) is 0 Å². The van der Waals surface area contributed by atoms with Crippen molar-refractivity contribution in [3.8, 4) is 0 Å². The number of nitrogens with two attached hydrogens (primary N) is 2. The maximum absolute atomic E-state index is 13.4. The first-order valence-electron chi connectivity index (χ1n) is 4.69. The topological polar surface area (TPSA) is 106 Å². The third-order valence-electron chi connectivity index (χ3n) is 2.02. The predicted octanol–water partition coefficient (Wildman–Crippen LogP) is 0.995. The highest BCUT2D eigenvalue weighted by Gasteiger charge is 2.11. The molecule has 0 aromatic heterocycles. The fourth-order valence-corrected chi connectivity index (χ4v) is 1.22. The predicted molar refractivity (Wildman–Crippen MR) is 60.6 cm³/mol. The summed E-state index contributed by atoms with van der Waals surface area (Å²) in [5, 5.41) is 8.79. The molecule has 0 atom stereocenters. The van der Waals surface area contributed by atoms with E-state index in [2.05, 4.69) is 0 Å². The molecule has 0 saturated carbocycles. The molecule has 0 spiro atoms. The van der Waals surface area contributed by atoms with Crippen LogP contribution in [0.4, 0.5) is 10.1 Å². The molecule has 1 aromatic carbocycles. The molecule has 1 rings (SSSR count). The fourth-order valence-electron chi connectivity index (χ4n) is 1.22. The van der Waals surface area contributed by atoms with Crippen LogP contribution < -0.4 is 11.5 Å². The van der Waals surface area contributed by atoms with Crippen molar-refractivity contribution in [2.75, 3.05) is 5.73 Å². The molecular weight excluding hydrogens is 227 g/mol. The number of benzene rings is 1. The zero-order valence-corrected chi connectivity index (χ0v) is 8.81. The van der Waals surface area contributed by atoms with Gasteiger partial charge in [0.1, 0.15) is 5.82 Å². The van der Waals surface area contributed by atoms with E-state index >= 15 is 0 Å². The van der Waals surface area contributed by atoms with Crippen molar-refractivity contribution in [3.05, 3.63) is 35.2 Å². The van der Waals surface area contributed by atoms with Gasteiger partial charge in [-0.3, -0.25) is 4.79 Å². The van der Waals surface area contributed by atoms with E-state index in [1.807, 2.05) is 0 Å². The maximum Gasteiger partial charge on any atom is 0.337 e. The lowest BCUT2D eigenvalue weighted by molar-refractivity contribution is -0.117. The molecule has 0 radical (unpaired) electrons. The molecule has 0 fully saturated rings. The van der Waals surface area contributed by atoms with Crippen LogP contribution in [0.3, 0.4) is 0 Å². The van der Waals surface area contributed by atoms with Crippen LogP contribution in [0.2, 0.25) is 0 Å². The van der Waals surface area contributed by atoms with E-state index < -0.39 is 17.7 Å². The number of hydrogen-bond donors (Lipinski definition) is 3. The third kappa shape index (κ3) is 3.30. The summed E-state index contributed by atoms with van der Waals surface area (Å²) in [5.41, 5.74) is 9.95. The lowest BCUT2D eigenvalue weighted by atomic mass is 10.1. The summed E-state index contributed by atoms with van der Waals surface area (Å²) in [5.74, 6) is -2.46. The number of aromatic carboxylic acids is 1. The van der Waals surface area contributed by atoms with Crippen molar-refractivity contribution in [2.45, 2.75) is 6.42 Å². The second-order valence-electron chi connectivity index (χ2n) is 3.34. The summed E-state index contributed by atoms with van der Waals surface area (Å²) in [7, 11) is 0. The largest absolute Gasteiger partial charge is 0.478 e. The highest BCUT2D eigenvalue weighted by atomic mass is 19.1. The monoisotopic (exact) mass is 238 g/mol. The Kier molecular flexibility index (Phi) is 3.82. The van der Waals surface area contributed by atoms with Crippen molar-refractivity contribution in [2.24, 2.45) is 5.73 Å². The second kappa shape index (κ2) is 5.11. The molecule has 1 amide bonds. The van der Waals surface area contributed by atoms with Crippen LogP contribution in [0.1, 0.15) is 22.3 Å². The van der Waals surface area contributed by atoms with Gasteiger partial charge in [-0.05, 0) is 12.1 Å². The van der Waals surface area contributed by atoms with E-state index in [-0.39, 0.29) is 23.2 Å². The minimum absolute atomic E-state index is 0.0397. The summed E-state index contributed by atoms with van der Waals surface area (Å²) in [6, 6.07) is 2.03. The molecule has 0 aliphatic carbocycles. The van der Waals surface area contributed by atoms with Crippen LogP contribution in [0, 0.1) is 5.82 Å². The number of amides is 1. The van der Waals surface area contributed by atoms with Gasteiger partial charge in [-0.2, -0.15) is 0 Å². The molecule has 0 unspecified atom stereocenters. The molecule has 0 aliphatic heterocycles. The quantitative estimate of drug-likeness (QED) is 0.680. The molecule has 0 heterocycles. The van der Waals surface area contributed by atoms with Gasteiger partial charge in [-0.1, -0.05) is 12.2 Å². The summed E-state index contributed by atoms with van der Waals surface area (Å²) < 4.78 is 13.4. The fraction of sp³-hybridized carbons (Fsp3) is 0.0909. The highest BCUT2D eigenvalue weighted by molar-refractivity contribution is 5.94. The molecule has 5 nitrogen and oxygen atoms in total. The lowest BCUT2D eigenvalue weighted by Gasteiger charge is -2.03. The minimum atomic E-state index is -1.24. The summed E-state index contributed by atoms with van der Waals surface area (Å²) >= 11 is 0. The first-order chi connectivity index (χ1) is 7.91. The number of carbonyl (C=O) groups is 2. The van der Waals surface area contributed by atoms with Gasteiger partial charge in [-0.25, -0.2) is 9.18 Å². The average molecular weight is 238 g/mol. The molecule has 5 N–H and O–H groups in total. The van der Waals surface area contributed by atoms with E-state index in [9.17, 15) is 14.0 Å². The Hall–Kier alpha value is -2.37. The Morgan fingerprint density at radius 1 is 1.41 bits per heavy atom. The van der Waals surface area contributed by atoms with Gasteiger partial charge in [0.15, 0.2) is 0 Å². The van der Waals surface area contributed by atoms with E-state index in [1.165, 1.54) is 12.2 Å². The number of carboxylic acids is 1. The SMILES string of the molecule is NC(=O)CC=Cc1cc(C(=O)O)c(N)cc1F. The van der Waals surface area contributed by atoms with Crippen molar-refractivity contribution in [3.63, 3.8) is 0 Å². The first kappa shape index (κ1) is 12.7. The number of primary amides is 1. The smallest absolute Gasteiger partial charge is 0.337 e. The summed E-state index contributed by atoms with van der Waals surface area (Å²) in [6.07, 6.45) is 2.58. The van der Waals surface area contributed by atoms with Gasteiger partial charge in [0.25, 0.3) is 0 Å². The van der Waals surface area contributed by atoms with E-state index in [0.29, 0.717) is 0 Å². The highest BCUT2D eigenvalue weighted by Crippen LogP contribution is 2.19. The van der Waals surface area contributed by atoms with Crippen molar-refractivity contribution in [1.29, 1.82) is 0 Å². The van der Waals surface area contributed by atoms with Gasteiger partial charge in [0, 0.05) is 17.7 Å². The summed E-state index contributed by atoms with van der Waals surface area (Å²) in [4.78, 5) is 21.2. The average Bonchev–Trinajstić information content (AvgIpc) is 2.20. The Labute approximate surface area is 96.5 Å². The number of rotatable bonds is 4. The Morgan fingerprint density at radius 2 is 2.06 bits per heavy atom. The van der Waals surface area contributed by atoms with Crippen LogP contribution >= 0.6 is 0 Å². The Morgan fingerprint density at radius 3 is 2.59 bits per heavy atom. The van der Waals surface area contributed by atoms with Crippen LogP contribution in [-0.4, -0.2) is 17.0 Å². The zero-order valence-electron chi connectivity index (χ0n) is 8.81. The molecule has 1 aromatic rings. The molecule has 0 aliphatic rings. The van der Waals surface area contributed by atoms with Gasteiger partial charge in [0.2, 0.25) is 5.91 Å². The molecular formula is C11H11FN2O3. The Balaban J connectivity index is 3.07. The molecule has 6 heteroatoms. The van der Waals surface area contributed by atoms with Gasteiger partial charge < -0.3 is 16.6 Å². The standard InChI is InChI=1S/C11H11FN2O3/c12-8-5-9(13)7(11(16)17)4-6(8)2-1-3-10(14)15/h1-2,4-5H,3,13H2,(H2,14,15)(H,16,17). The second-order valence-corrected chi connectivity index (χ2v) is 3.34. The number of hydrogen-bond acceptors (Lipinski definition) is 3. The maximum atomic E-state index is 13.4. The van der Waals surface area contributed by atoms with Crippen molar-refractivity contribution in [1.82, 2.24) is 0 Å². The van der Waals surface area contributed by atoms with E-state index in [4.69, 9.17) is 16.6 Å². The van der Waals surface area contributed by atoms with Crippen molar-refractivity contribution >= 4 is 23.6 Å². The van der Waals surface area contributed by atoms with Gasteiger partial charge in [-0.15, -0.1) is 0 Å². The molecule has 0 saturated heterocycles. The van der Waals surface area contributed by atoms with Crippen LogP contribution in [0.15, 0.2) is 18.2 Å². The Bertz CT molecular complexity index is 498. The lowest BCUT2D eigenvalue weighted by Crippen LogP contribution is -2.08. The molecule has 17 heavy (non-hydrogen) atoms. The normalized spacial score (nSPS) is 10.6. The first-order valence-corrected chi connectivity index (χ1v) is 4.69. The van der Waals surface area contributed by atoms with Crippen LogP contribution in [0.25, 0.3) is 6.08 Å². The van der Waals surface area contributed by atoms with Crippen molar-refractivity contribution < 1.29 is 19.1 Å². The third-order valence-corrected chi connectivity index (χ3v) is 2.02. The van der Waals surface area contributed by atoms with Crippen LogP contribution in [0.5, 0.6) is 0 Å². The number of halogens is 1. The molecule has 90 valence electrons. The van der Waals surface area contributed by atoms with E-state index in [0.717, 1.165) is 12.1 Å². The van der Waals surface area contributed by atoms with Crippen LogP contribution in [-0.2, 0) is 4.79 Å². The van der Waals surface area contributed by atoms with Gasteiger partial charge >= 0.3 is 5.97 Å². The summed E-state index contributed by atoms with van der Waals surface area (Å²) in [6.45, 7) is 0. The molecule has 0 bridgehead atoms. The number of carboxylic acid groups (broad SMARTS) is 1. The van der Waals surface area contributed by atoms with Gasteiger partial charge in [0.05, 0.1) is 5.56 Å². The number of carbonyl (C=O) groups excluding carboxylic acids is 1.